The number of nitrogens with zero attached hydrogens (tertiary/aromatic N) is 2. The smallest absolute Gasteiger partial charge is 0.359 e. The molecule has 0 radical (unpaired) electrons. The highest BCUT2D eigenvalue weighted by Gasteiger charge is 2.18. The quantitative estimate of drug-likeness (QED) is 0.607. The van der Waals surface area contributed by atoms with Gasteiger partial charge < -0.3 is 9.30 Å². The van der Waals surface area contributed by atoms with Gasteiger partial charge in [0.2, 0.25) is 0 Å². The Bertz CT molecular complexity index is 576. The summed E-state index contributed by atoms with van der Waals surface area (Å²) in [5.74, 6) is -0.573. The van der Waals surface area contributed by atoms with E-state index < -0.39 is 5.97 Å². The van der Waals surface area contributed by atoms with Gasteiger partial charge in [0.15, 0.2) is 12.0 Å². The zero-order valence-corrected chi connectivity index (χ0v) is 10.6. The van der Waals surface area contributed by atoms with Gasteiger partial charge >= 0.3 is 5.97 Å². The second kappa shape index (κ2) is 5.95. The van der Waals surface area contributed by atoms with Gasteiger partial charge in [-0.05, 0) is 12.5 Å². The number of imidazole rings is 1. The average molecular weight is 258 g/mol. The standard InChI is InChI=1S/C14H14N2O3/c1-2-19-14(18)13-12(9-17)16(10-15-13)8-11-6-4-3-5-7-11/h3-7,9-10H,2,8H2,1H3. The van der Waals surface area contributed by atoms with E-state index >= 15 is 0 Å². The van der Waals surface area contributed by atoms with Crippen molar-refractivity contribution in [2.75, 3.05) is 6.61 Å². The van der Waals surface area contributed by atoms with Gasteiger partial charge in [0.05, 0.1) is 12.9 Å². The van der Waals surface area contributed by atoms with Crippen LogP contribution in [0.25, 0.3) is 0 Å². The highest BCUT2D eigenvalue weighted by atomic mass is 16.5. The lowest BCUT2D eigenvalue weighted by atomic mass is 10.2. The van der Waals surface area contributed by atoms with E-state index in [4.69, 9.17) is 4.74 Å². The van der Waals surface area contributed by atoms with Crippen molar-refractivity contribution in [2.24, 2.45) is 0 Å². The molecule has 0 spiro atoms. The van der Waals surface area contributed by atoms with Crippen LogP contribution in [0.4, 0.5) is 0 Å². The van der Waals surface area contributed by atoms with Crippen LogP contribution in [0, 0.1) is 0 Å². The van der Waals surface area contributed by atoms with E-state index in [-0.39, 0.29) is 18.0 Å². The Morgan fingerprint density at radius 2 is 2.11 bits per heavy atom. The van der Waals surface area contributed by atoms with Gasteiger partial charge in [-0.3, -0.25) is 4.79 Å². The summed E-state index contributed by atoms with van der Waals surface area (Å²) in [6.07, 6.45) is 2.10. The van der Waals surface area contributed by atoms with Gasteiger partial charge in [0.1, 0.15) is 5.69 Å². The number of hydrogen-bond donors (Lipinski definition) is 0. The molecule has 0 unspecified atom stereocenters. The maximum Gasteiger partial charge on any atom is 0.359 e. The van der Waals surface area contributed by atoms with Crippen molar-refractivity contribution in [3.05, 3.63) is 53.6 Å². The van der Waals surface area contributed by atoms with E-state index in [2.05, 4.69) is 4.98 Å². The molecule has 5 nitrogen and oxygen atoms in total. The molecule has 0 aliphatic rings. The molecular formula is C14H14N2O3. The number of aldehydes is 1. The van der Waals surface area contributed by atoms with Crippen LogP contribution in [0.3, 0.4) is 0 Å². The van der Waals surface area contributed by atoms with Crippen molar-refractivity contribution in [1.29, 1.82) is 0 Å². The molecule has 98 valence electrons. The molecule has 2 rings (SSSR count). The second-order valence-electron chi connectivity index (χ2n) is 3.93. The number of carbonyl (C=O) groups is 2. The minimum Gasteiger partial charge on any atom is -0.461 e. The molecule has 0 aliphatic carbocycles. The number of benzene rings is 1. The molecular weight excluding hydrogens is 244 g/mol. The number of rotatable bonds is 5. The molecule has 1 aromatic heterocycles. The van der Waals surface area contributed by atoms with Gasteiger partial charge in [-0.15, -0.1) is 0 Å². The van der Waals surface area contributed by atoms with Crippen LogP contribution >= 0.6 is 0 Å². The van der Waals surface area contributed by atoms with Gasteiger partial charge in [-0.1, -0.05) is 30.3 Å². The van der Waals surface area contributed by atoms with E-state index in [1.165, 1.54) is 6.33 Å². The van der Waals surface area contributed by atoms with Gasteiger partial charge in [-0.2, -0.15) is 0 Å². The number of carbonyl (C=O) groups excluding carboxylic acids is 2. The molecule has 0 bridgehead atoms. The molecule has 0 fully saturated rings. The van der Waals surface area contributed by atoms with Crippen molar-refractivity contribution in [2.45, 2.75) is 13.5 Å². The Kier molecular flexibility index (Phi) is 4.07. The SMILES string of the molecule is CCOC(=O)c1ncn(Cc2ccccc2)c1C=O. The Balaban J connectivity index is 2.27. The van der Waals surface area contributed by atoms with Crippen molar-refractivity contribution in [3.8, 4) is 0 Å². The summed E-state index contributed by atoms with van der Waals surface area (Å²) < 4.78 is 6.49. The largest absolute Gasteiger partial charge is 0.461 e. The summed E-state index contributed by atoms with van der Waals surface area (Å²) in [5, 5.41) is 0. The van der Waals surface area contributed by atoms with Crippen LogP contribution in [-0.4, -0.2) is 28.4 Å². The fraction of sp³-hybridized carbons (Fsp3) is 0.214. The maximum absolute atomic E-state index is 11.6. The molecule has 1 aromatic carbocycles. The fourth-order valence-electron chi connectivity index (χ4n) is 1.78. The summed E-state index contributed by atoms with van der Waals surface area (Å²) in [4.78, 5) is 26.7. The van der Waals surface area contributed by atoms with Crippen molar-refractivity contribution < 1.29 is 14.3 Å². The first kappa shape index (κ1) is 13.0. The first-order chi connectivity index (χ1) is 9.26. The predicted octanol–water partition coefficient (Wildman–Crippen LogP) is 1.92. The molecule has 0 saturated heterocycles. The lowest BCUT2D eigenvalue weighted by molar-refractivity contribution is 0.0517. The minimum absolute atomic E-state index is 0.0628. The molecule has 2 aromatic rings. The van der Waals surface area contributed by atoms with Crippen molar-refractivity contribution in [3.63, 3.8) is 0 Å². The van der Waals surface area contributed by atoms with Crippen LogP contribution < -0.4 is 0 Å². The second-order valence-corrected chi connectivity index (χ2v) is 3.93. The Hall–Kier alpha value is -2.43. The lowest BCUT2D eigenvalue weighted by Gasteiger charge is -2.05. The van der Waals surface area contributed by atoms with E-state index in [0.717, 1.165) is 5.56 Å². The van der Waals surface area contributed by atoms with E-state index in [1.54, 1.807) is 11.5 Å². The third kappa shape index (κ3) is 2.88. The molecule has 0 atom stereocenters. The van der Waals surface area contributed by atoms with E-state index in [1.807, 2.05) is 30.3 Å². The maximum atomic E-state index is 11.6. The predicted molar refractivity (Wildman–Crippen MR) is 69.1 cm³/mol. The van der Waals surface area contributed by atoms with E-state index in [9.17, 15) is 9.59 Å². The average Bonchev–Trinajstić information content (AvgIpc) is 2.83. The summed E-state index contributed by atoms with van der Waals surface area (Å²) in [5.41, 5.74) is 1.33. The molecule has 5 heteroatoms. The first-order valence-electron chi connectivity index (χ1n) is 5.97. The molecule has 1 heterocycles. The Morgan fingerprint density at radius 1 is 1.37 bits per heavy atom. The Labute approximate surface area is 110 Å². The molecule has 0 aliphatic heterocycles. The zero-order chi connectivity index (χ0) is 13.7. The highest BCUT2D eigenvalue weighted by molar-refractivity contribution is 5.95. The topological polar surface area (TPSA) is 61.2 Å². The third-order valence-electron chi connectivity index (χ3n) is 2.65. The number of ether oxygens (including phenoxy) is 1. The minimum atomic E-state index is -0.573. The van der Waals surface area contributed by atoms with Crippen LogP contribution in [-0.2, 0) is 11.3 Å². The molecule has 19 heavy (non-hydrogen) atoms. The van der Waals surface area contributed by atoms with Gasteiger partial charge in [0.25, 0.3) is 0 Å². The normalized spacial score (nSPS) is 10.2. The van der Waals surface area contributed by atoms with Crippen LogP contribution in [0.5, 0.6) is 0 Å². The fourth-order valence-corrected chi connectivity index (χ4v) is 1.78. The number of esters is 1. The third-order valence-corrected chi connectivity index (χ3v) is 2.65. The van der Waals surface area contributed by atoms with Gasteiger partial charge in [-0.25, -0.2) is 9.78 Å². The monoisotopic (exact) mass is 258 g/mol. The van der Waals surface area contributed by atoms with Gasteiger partial charge in [0, 0.05) is 6.54 Å². The van der Waals surface area contributed by atoms with Crippen LogP contribution in [0.15, 0.2) is 36.7 Å². The number of aromatic nitrogens is 2. The zero-order valence-electron chi connectivity index (χ0n) is 10.6. The Morgan fingerprint density at radius 3 is 2.74 bits per heavy atom. The molecule has 0 saturated carbocycles. The first-order valence-corrected chi connectivity index (χ1v) is 5.97. The summed E-state index contributed by atoms with van der Waals surface area (Å²) in [6.45, 7) is 2.45. The summed E-state index contributed by atoms with van der Waals surface area (Å²) in [6, 6.07) is 9.64. The van der Waals surface area contributed by atoms with Crippen molar-refractivity contribution in [1.82, 2.24) is 9.55 Å². The molecule has 0 N–H and O–H groups in total. The number of hydrogen-bond acceptors (Lipinski definition) is 4. The lowest BCUT2D eigenvalue weighted by Crippen LogP contribution is -2.10. The van der Waals surface area contributed by atoms with Crippen molar-refractivity contribution >= 4 is 12.3 Å². The molecule has 0 amide bonds. The summed E-state index contributed by atoms with van der Waals surface area (Å²) in [7, 11) is 0. The van der Waals surface area contributed by atoms with Crippen LogP contribution in [0.2, 0.25) is 0 Å². The van der Waals surface area contributed by atoms with E-state index in [0.29, 0.717) is 12.8 Å². The highest BCUT2D eigenvalue weighted by Crippen LogP contribution is 2.10. The summed E-state index contributed by atoms with van der Waals surface area (Å²) >= 11 is 0. The van der Waals surface area contributed by atoms with Crippen LogP contribution in [0.1, 0.15) is 33.5 Å².